The predicted octanol–water partition coefficient (Wildman–Crippen LogP) is 1.06. The minimum absolute atomic E-state index is 0.297. The molecular weight excluding hydrogens is 377 g/mol. The van der Waals surface area contributed by atoms with Crippen molar-refractivity contribution >= 4 is 58.4 Å². The minimum atomic E-state index is 0.297. The van der Waals surface area contributed by atoms with Gasteiger partial charge in [-0.2, -0.15) is 0 Å². The van der Waals surface area contributed by atoms with E-state index in [1.54, 1.807) is 12.4 Å². The van der Waals surface area contributed by atoms with E-state index < -0.39 is 0 Å². The van der Waals surface area contributed by atoms with Crippen LogP contribution >= 0.6 is 23.2 Å². The summed E-state index contributed by atoms with van der Waals surface area (Å²) in [5.74, 6) is 0. The van der Waals surface area contributed by atoms with Gasteiger partial charge in [-0.15, -0.1) is 0 Å². The Morgan fingerprint density at radius 2 is 1.25 bits per heavy atom. The average molecular weight is 383 g/mol. The fourth-order valence-electron chi connectivity index (χ4n) is 0.957. The van der Waals surface area contributed by atoms with Crippen LogP contribution < -0.4 is 8.92 Å². The Bertz CT molecular complexity index is 448. The van der Waals surface area contributed by atoms with Crippen molar-refractivity contribution in [2.45, 2.75) is 0 Å². The van der Waals surface area contributed by atoms with E-state index in [9.17, 15) is 0 Å². The quantitative estimate of drug-likeness (QED) is 0.586. The van der Waals surface area contributed by atoms with E-state index in [0.29, 0.717) is 36.6 Å². The first kappa shape index (κ1) is 12.4. The normalized spacial score (nSPS) is 10.4. The molecule has 0 bridgehead atoms. The van der Waals surface area contributed by atoms with E-state index in [2.05, 4.69) is 9.97 Å². The van der Waals surface area contributed by atoms with E-state index in [-0.39, 0.29) is 0 Å². The zero-order chi connectivity index (χ0) is 11.4. The fraction of sp³-hybridized carbons (Fsp3) is 0. The van der Waals surface area contributed by atoms with Gasteiger partial charge in [0.05, 0.1) is 0 Å². The van der Waals surface area contributed by atoms with Gasteiger partial charge in [0.15, 0.2) is 0 Å². The molecule has 2 rings (SSSR count). The number of aromatic nitrogens is 2. The SMILES string of the molecule is Clc1ncccc1[Se][Se]c1cccnc1Cl. The number of hydrogen-bond donors (Lipinski definition) is 0. The monoisotopic (exact) mass is 384 g/mol. The van der Waals surface area contributed by atoms with E-state index >= 15 is 0 Å². The zero-order valence-electron chi connectivity index (χ0n) is 7.93. The molecule has 16 heavy (non-hydrogen) atoms. The van der Waals surface area contributed by atoms with Crippen molar-refractivity contribution in [1.29, 1.82) is 0 Å². The molecule has 0 radical (unpaired) electrons. The molecule has 6 heteroatoms. The fourth-order valence-corrected chi connectivity index (χ4v) is 9.01. The van der Waals surface area contributed by atoms with Crippen molar-refractivity contribution in [1.82, 2.24) is 9.97 Å². The van der Waals surface area contributed by atoms with Crippen molar-refractivity contribution in [3.05, 3.63) is 47.0 Å². The first-order valence-corrected chi connectivity index (χ1v) is 11.1. The average Bonchev–Trinajstić information content (AvgIpc) is 2.30. The van der Waals surface area contributed by atoms with Crippen molar-refractivity contribution in [3.63, 3.8) is 0 Å². The Balaban J connectivity index is 2.09. The summed E-state index contributed by atoms with van der Waals surface area (Å²) in [4.78, 5) is 8.11. The van der Waals surface area contributed by atoms with Gasteiger partial charge in [-0.3, -0.25) is 0 Å². The predicted molar refractivity (Wildman–Crippen MR) is 69.3 cm³/mol. The number of nitrogens with zero attached hydrogens (tertiary/aromatic N) is 2. The van der Waals surface area contributed by atoms with Gasteiger partial charge < -0.3 is 0 Å². The van der Waals surface area contributed by atoms with Crippen LogP contribution in [-0.2, 0) is 0 Å². The maximum absolute atomic E-state index is 6.00. The van der Waals surface area contributed by atoms with Crippen molar-refractivity contribution in [2.75, 3.05) is 0 Å². The van der Waals surface area contributed by atoms with Crippen molar-refractivity contribution < 1.29 is 0 Å². The number of halogens is 2. The topological polar surface area (TPSA) is 25.8 Å². The van der Waals surface area contributed by atoms with Crippen LogP contribution in [0, 0.1) is 0 Å². The second-order valence-corrected chi connectivity index (χ2v) is 9.65. The third-order valence-electron chi connectivity index (χ3n) is 1.67. The van der Waals surface area contributed by atoms with Gasteiger partial charge in [-0.25, -0.2) is 0 Å². The number of rotatable bonds is 3. The molecule has 0 aliphatic heterocycles. The Labute approximate surface area is 115 Å². The molecule has 0 saturated heterocycles. The molecule has 2 heterocycles. The second-order valence-electron chi connectivity index (χ2n) is 2.75. The van der Waals surface area contributed by atoms with Gasteiger partial charge in [-0.1, -0.05) is 0 Å². The Kier molecular flexibility index (Phi) is 4.65. The molecule has 0 spiro atoms. The summed E-state index contributed by atoms with van der Waals surface area (Å²) < 4.78 is 2.24. The zero-order valence-corrected chi connectivity index (χ0v) is 12.9. The van der Waals surface area contributed by atoms with Gasteiger partial charge in [0, 0.05) is 0 Å². The van der Waals surface area contributed by atoms with Crippen LogP contribution in [0.3, 0.4) is 0 Å². The summed E-state index contributed by atoms with van der Waals surface area (Å²) in [6, 6.07) is 7.84. The maximum atomic E-state index is 6.00. The molecular formula is C10H6Cl2N2Se2. The third kappa shape index (κ3) is 3.21. The van der Waals surface area contributed by atoms with Crippen LogP contribution in [0.5, 0.6) is 0 Å². The van der Waals surface area contributed by atoms with Gasteiger partial charge >= 0.3 is 115 Å². The first-order valence-electron chi connectivity index (χ1n) is 4.33. The van der Waals surface area contributed by atoms with E-state index in [4.69, 9.17) is 23.2 Å². The van der Waals surface area contributed by atoms with Crippen LogP contribution in [0.1, 0.15) is 0 Å². The molecule has 0 saturated carbocycles. The van der Waals surface area contributed by atoms with Crippen LogP contribution in [0.2, 0.25) is 10.3 Å². The summed E-state index contributed by atoms with van der Waals surface area (Å²) in [5, 5.41) is 1.20. The van der Waals surface area contributed by atoms with Gasteiger partial charge in [0.2, 0.25) is 0 Å². The van der Waals surface area contributed by atoms with Crippen LogP contribution in [0.4, 0.5) is 0 Å². The Morgan fingerprint density at radius 1 is 0.812 bits per heavy atom. The Hall–Kier alpha value is -0.0810. The van der Waals surface area contributed by atoms with Crippen molar-refractivity contribution in [2.24, 2.45) is 0 Å². The molecule has 2 aromatic rings. The molecule has 0 fully saturated rings. The van der Waals surface area contributed by atoms with Gasteiger partial charge in [0.25, 0.3) is 0 Å². The molecule has 0 unspecified atom stereocenters. The molecule has 0 atom stereocenters. The van der Waals surface area contributed by atoms with Gasteiger partial charge in [0.1, 0.15) is 0 Å². The summed E-state index contributed by atoms with van der Waals surface area (Å²) in [6.07, 6.45) is 3.40. The van der Waals surface area contributed by atoms with E-state index in [1.165, 1.54) is 0 Å². The molecule has 0 amide bonds. The number of pyridine rings is 2. The van der Waals surface area contributed by atoms with E-state index in [1.807, 2.05) is 24.3 Å². The van der Waals surface area contributed by atoms with Crippen LogP contribution in [0.25, 0.3) is 0 Å². The molecule has 0 aliphatic carbocycles. The molecule has 0 aromatic carbocycles. The van der Waals surface area contributed by atoms with Gasteiger partial charge in [-0.05, 0) is 0 Å². The van der Waals surface area contributed by atoms with E-state index in [0.717, 1.165) is 8.92 Å². The first-order chi connectivity index (χ1) is 7.77. The number of hydrogen-bond acceptors (Lipinski definition) is 2. The molecule has 0 aliphatic rings. The summed E-state index contributed by atoms with van der Waals surface area (Å²) in [7, 11) is 0. The summed E-state index contributed by atoms with van der Waals surface area (Å²) >= 11 is 12.6. The molecule has 2 aromatic heterocycles. The molecule has 82 valence electrons. The summed E-state index contributed by atoms with van der Waals surface area (Å²) in [6.45, 7) is 0. The van der Waals surface area contributed by atoms with Crippen molar-refractivity contribution in [3.8, 4) is 0 Å². The van der Waals surface area contributed by atoms with Crippen LogP contribution in [0.15, 0.2) is 36.7 Å². The molecule has 0 N–H and O–H groups in total. The molecule has 2 nitrogen and oxygen atoms in total. The van der Waals surface area contributed by atoms with Crippen LogP contribution in [-0.4, -0.2) is 36.2 Å². The standard InChI is InChI=1S/C10H6Cl2N2Se2/c11-9-7(3-1-5-13-9)15-16-8-4-2-6-14-10(8)12/h1-6H. The third-order valence-corrected chi connectivity index (χ3v) is 9.92. The second kappa shape index (κ2) is 6.02. The Morgan fingerprint density at radius 3 is 1.62 bits per heavy atom. The summed E-state index contributed by atoms with van der Waals surface area (Å²) in [5.41, 5.74) is 0.